The summed E-state index contributed by atoms with van der Waals surface area (Å²) >= 11 is 0. The van der Waals surface area contributed by atoms with Crippen LogP contribution in [0.3, 0.4) is 0 Å². The number of nitrogens with zero attached hydrogens (tertiary/aromatic N) is 4. The Morgan fingerprint density at radius 1 is 0.971 bits per heavy atom. The Balaban J connectivity index is 1.63. The largest absolute Gasteiger partial charge is 0.439 e. The lowest BCUT2D eigenvalue weighted by atomic mass is 10.1. The summed E-state index contributed by atoms with van der Waals surface area (Å²) in [6.07, 6.45) is 1.93. The number of aromatic nitrogens is 4. The lowest BCUT2D eigenvalue weighted by Gasteiger charge is -2.16. The van der Waals surface area contributed by atoms with Crippen molar-refractivity contribution in [3.05, 3.63) is 105 Å². The average molecular weight is 460 g/mol. The summed E-state index contributed by atoms with van der Waals surface area (Å²) in [6.45, 7) is 2.18. The van der Waals surface area contributed by atoms with Gasteiger partial charge in [0.1, 0.15) is 5.75 Å². The van der Waals surface area contributed by atoms with Crippen LogP contribution in [0.25, 0.3) is 0 Å². The highest BCUT2D eigenvalue weighted by Crippen LogP contribution is 2.22. The lowest BCUT2D eigenvalue weighted by Crippen LogP contribution is -2.42. The Kier molecular flexibility index (Phi) is 7.14. The van der Waals surface area contributed by atoms with Crippen LogP contribution in [0.5, 0.6) is 11.6 Å². The van der Waals surface area contributed by atoms with Gasteiger partial charge in [0.05, 0.1) is 6.54 Å². The number of ether oxygens (including phenoxy) is 1. The van der Waals surface area contributed by atoms with E-state index in [1.54, 1.807) is 42.6 Å². The third-order valence-corrected chi connectivity index (χ3v) is 5.12. The molecule has 174 valence electrons. The van der Waals surface area contributed by atoms with Gasteiger partial charge in [0.25, 0.3) is 0 Å². The van der Waals surface area contributed by atoms with Crippen LogP contribution >= 0.6 is 0 Å². The molecule has 2 heterocycles. The van der Waals surface area contributed by atoms with Crippen molar-refractivity contribution in [1.29, 1.82) is 0 Å². The van der Waals surface area contributed by atoms with Crippen LogP contribution in [0.1, 0.15) is 17.5 Å². The Labute approximate surface area is 196 Å². The molecular formula is C25H25N5O4. The molecule has 0 radical (unpaired) electrons. The van der Waals surface area contributed by atoms with Gasteiger partial charge in [-0.2, -0.15) is 4.98 Å². The number of aryl methyl sites for hydroxylation is 1. The summed E-state index contributed by atoms with van der Waals surface area (Å²) in [6, 6.07) is 20.2. The maximum Gasteiger partial charge on any atom is 0.354 e. The van der Waals surface area contributed by atoms with Crippen LogP contribution in [0.15, 0.2) is 82.5 Å². The zero-order chi connectivity index (χ0) is 23.9. The van der Waals surface area contributed by atoms with Crippen molar-refractivity contribution in [3.63, 3.8) is 0 Å². The van der Waals surface area contributed by atoms with Crippen molar-refractivity contribution in [3.8, 4) is 11.6 Å². The second-order valence-electron chi connectivity index (χ2n) is 7.72. The molecule has 9 nitrogen and oxygen atoms in total. The second kappa shape index (κ2) is 10.6. The fourth-order valence-corrected chi connectivity index (χ4v) is 3.33. The van der Waals surface area contributed by atoms with Gasteiger partial charge in [0.2, 0.25) is 11.8 Å². The minimum Gasteiger partial charge on any atom is -0.439 e. The summed E-state index contributed by atoms with van der Waals surface area (Å²) in [4.78, 5) is 34.0. The fraction of sp³-hybridized carbons (Fsp3) is 0.200. The highest BCUT2D eigenvalue weighted by atomic mass is 16.5. The monoisotopic (exact) mass is 459 g/mol. The number of hydrogen-bond donors (Lipinski definition) is 2. The molecule has 0 spiro atoms. The van der Waals surface area contributed by atoms with Crippen molar-refractivity contribution in [2.45, 2.75) is 26.4 Å². The SMILES string of the molecule is Cc1ccc(Cn2c(Nc3ccc(Oc4ccccn4)cc3)nc(=O)n(CCCO)c2=O)cc1. The van der Waals surface area contributed by atoms with Crippen molar-refractivity contribution in [1.82, 2.24) is 19.1 Å². The molecule has 0 atom stereocenters. The number of rotatable bonds is 9. The molecule has 4 rings (SSSR count). The van der Waals surface area contributed by atoms with Gasteiger partial charge in [-0.15, -0.1) is 0 Å². The number of aliphatic hydroxyl groups excluding tert-OH is 1. The molecule has 2 aromatic carbocycles. The average Bonchev–Trinajstić information content (AvgIpc) is 2.84. The van der Waals surface area contributed by atoms with Crippen molar-refractivity contribution in [2.75, 3.05) is 11.9 Å². The summed E-state index contributed by atoms with van der Waals surface area (Å²) in [7, 11) is 0. The first-order chi connectivity index (χ1) is 16.5. The third-order valence-electron chi connectivity index (χ3n) is 5.12. The number of nitrogens with one attached hydrogen (secondary N) is 1. The van der Waals surface area contributed by atoms with Gasteiger partial charge in [-0.1, -0.05) is 35.9 Å². The molecule has 0 amide bonds. The van der Waals surface area contributed by atoms with E-state index in [4.69, 9.17) is 9.84 Å². The molecule has 34 heavy (non-hydrogen) atoms. The molecule has 2 N–H and O–H groups in total. The molecule has 0 aliphatic carbocycles. The minimum atomic E-state index is -0.670. The molecule has 0 saturated carbocycles. The van der Waals surface area contributed by atoms with E-state index in [-0.39, 0.29) is 32.1 Å². The maximum atomic E-state index is 13.2. The summed E-state index contributed by atoms with van der Waals surface area (Å²) in [5, 5.41) is 12.2. The zero-order valence-corrected chi connectivity index (χ0v) is 18.7. The molecule has 0 bridgehead atoms. The predicted octanol–water partition coefficient (Wildman–Crippen LogP) is 3.08. The second-order valence-corrected chi connectivity index (χ2v) is 7.72. The zero-order valence-electron chi connectivity index (χ0n) is 18.7. The van der Waals surface area contributed by atoms with E-state index in [9.17, 15) is 9.59 Å². The first kappa shape index (κ1) is 22.9. The van der Waals surface area contributed by atoms with E-state index in [0.29, 0.717) is 17.3 Å². The van der Waals surface area contributed by atoms with Gasteiger partial charge in [0, 0.05) is 31.1 Å². The van der Waals surface area contributed by atoms with Gasteiger partial charge in [-0.3, -0.25) is 4.57 Å². The molecule has 4 aromatic rings. The number of benzene rings is 2. The summed E-state index contributed by atoms with van der Waals surface area (Å²) in [5.41, 5.74) is 1.46. The topological polar surface area (TPSA) is 111 Å². The van der Waals surface area contributed by atoms with Gasteiger partial charge in [-0.05, 0) is 49.2 Å². The maximum absolute atomic E-state index is 13.2. The van der Waals surface area contributed by atoms with Crippen LogP contribution in [0.4, 0.5) is 11.6 Å². The molecule has 0 saturated heterocycles. The van der Waals surface area contributed by atoms with Crippen LogP contribution in [-0.2, 0) is 13.1 Å². The smallest absolute Gasteiger partial charge is 0.354 e. The number of anilines is 2. The van der Waals surface area contributed by atoms with E-state index >= 15 is 0 Å². The van der Waals surface area contributed by atoms with Crippen molar-refractivity contribution >= 4 is 11.6 Å². The number of aliphatic hydroxyl groups is 1. The Morgan fingerprint density at radius 2 is 1.74 bits per heavy atom. The first-order valence-electron chi connectivity index (χ1n) is 10.9. The van der Waals surface area contributed by atoms with Crippen LogP contribution in [0, 0.1) is 6.92 Å². The van der Waals surface area contributed by atoms with E-state index in [2.05, 4.69) is 15.3 Å². The minimum absolute atomic E-state index is 0.0922. The molecule has 0 aliphatic rings. The van der Waals surface area contributed by atoms with Crippen LogP contribution in [-0.4, -0.2) is 30.8 Å². The molecule has 9 heteroatoms. The molecule has 0 aliphatic heterocycles. The number of pyridine rings is 1. The van der Waals surface area contributed by atoms with Gasteiger partial charge >= 0.3 is 11.4 Å². The summed E-state index contributed by atoms with van der Waals surface area (Å²) < 4.78 is 8.16. The van der Waals surface area contributed by atoms with Crippen LogP contribution < -0.4 is 21.4 Å². The highest BCUT2D eigenvalue weighted by Gasteiger charge is 2.14. The number of hydrogen-bond acceptors (Lipinski definition) is 7. The predicted molar refractivity (Wildman–Crippen MR) is 129 cm³/mol. The van der Waals surface area contributed by atoms with Crippen LogP contribution in [0.2, 0.25) is 0 Å². The third kappa shape index (κ3) is 5.57. The Morgan fingerprint density at radius 3 is 2.41 bits per heavy atom. The first-order valence-corrected chi connectivity index (χ1v) is 10.9. The standard InChI is InChI=1S/C25H25N5O4/c1-18-6-8-19(9-7-18)17-30-23(28-24(32)29(25(30)33)15-4-16-31)27-20-10-12-21(13-11-20)34-22-5-2-3-14-26-22/h2-3,5-14,31H,4,15-17H2,1H3,(H,27,28,32). The fourth-order valence-electron chi connectivity index (χ4n) is 3.33. The quantitative estimate of drug-likeness (QED) is 0.396. The molecule has 2 aromatic heterocycles. The molecule has 0 unspecified atom stereocenters. The van der Waals surface area contributed by atoms with Gasteiger partial charge in [0.15, 0.2) is 0 Å². The summed E-state index contributed by atoms with van der Waals surface area (Å²) in [5.74, 6) is 1.20. The normalized spacial score (nSPS) is 10.8. The molecule has 0 fully saturated rings. The van der Waals surface area contributed by atoms with Crippen molar-refractivity contribution < 1.29 is 9.84 Å². The van der Waals surface area contributed by atoms with Gasteiger partial charge < -0.3 is 15.2 Å². The molecular weight excluding hydrogens is 434 g/mol. The van der Waals surface area contributed by atoms with E-state index in [1.807, 2.05) is 37.3 Å². The highest BCUT2D eigenvalue weighted by molar-refractivity contribution is 5.55. The Bertz CT molecular complexity index is 1350. The van der Waals surface area contributed by atoms with E-state index in [1.165, 1.54) is 4.57 Å². The van der Waals surface area contributed by atoms with E-state index < -0.39 is 11.4 Å². The van der Waals surface area contributed by atoms with Gasteiger partial charge in [-0.25, -0.2) is 19.1 Å². The lowest BCUT2D eigenvalue weighted by molar-refractivity contribution is 0.276. The van der Waals surface area contributed by atoms with Crippen molar-refractivity contribution in [2.24, 2.45) is 0 Å². The Hall–Kier alpha value is -4.24. The van der Waals surface area contributed by atoms with E-state index in [0.717, 1.165) is 15.7 Å².